The fraction of sp³-hybridized carbons (Fsp3) is 0.455. The third-order valence-electron chi connectivity index (χ3n) is 2.91. The summed E-state index contributed by atoms with van der Waals surface area (Å²) in [6.07, 6.45) is 0.912. The van der Waals surface area contributed by atoms with E-state index in [1.807, 2.05) is 6.07 Å². The number of hydrogen-bond acceptors (Lipinski definition) is 5. The lowest BCUT2D eigenvalue weighted by atomic mass is 10.1. The zero-order chi connectivity index (χ0) is 13.4. The molecule has 0 N–H and O–H groups in total. The summed E-state index contributed by atoms with van der Waals surface area (Å²) in [5.74, 6) is -0.908. The summed E-state index contributed by atoms with van der Waals surface area (Å²) in [5, 5.41) is 8.76. The second-order valence-corrected chi connectivity index (χ2v) is 4.05. The number of fused-ring (bicyclic) bond motifs is 1. The third kappa shape index (κ3) is 1.62. The first-order chi connectivity index (χ1) is 8.47. The maximum atomic E-state index is 12.0. The van der Waals surface area contributed by atoms with Crippen molar-refractivity contribution in [3.05, 3.63) is 11.8 Å². The molecule has 0 aromatic heterocycles. The number of nitriles is 1. The zero-order valence-corrected chi connectivity index (χ0v) is 9.91. The van der Waals surface area contributed by atoms with Crippen LogP contribution in [0.15, 0.2) is 11.8 Å². The minimum atomic E-state index is -0.904. The van der Waals surface area contributed by atoms with E-state index in [4.69, 9.17) is 10.00 Å². The molecule has 18 heavy (non-hydrogen) atoms. The summed E-state index contributed by atoms with van der Waals surface area (Å²) in [5.41, 5.74) is 0. The van der Waals surface area contributed by atoms with Gasteiger partial charge in [0.15, 0.2) is 5.76 Å². The number of carbonyl (C=O) groups is 3. The molecule has 94 valence electrons. The SMILES string of the molecule is CC(=O)N1C(=O)N(C(C)=O)[C@H]2OC(C#N)=CC[C@@H]21. The van der Waals surface area contributed by atoms with Crippen LogP contribution in [0.1, 0.15) is 20.3 Å². The van der Waals surface area contributed by atoms with Gasteiger partial charge in [-0.3, -0.25) is 14.5 Å². The summed E-state index contributed by atoms with van der Waals surface area (Å²) in [6.45, 7) is 2.47. The lowest BCUT2D eigenvalue weighted by molar-refractivity contribution is -0.134. The van der Waals surface area contributed by atoms with Crippen LogP contribution < -0.4 is 0 Å². The van der Waals surface area contributed by atoms with Gasteiger partial charge >= 0.3 is 6.03 Å². The summed E-state index contributed by atoms with van der Waals surface area (Å²) in [6, 6.07) is 0.565. The van der Waals surface area contributed by atoms with Crippen LogP contribution in [0.3, 0.4) is 0 Å². The number of amides is 4. The number of nitrogens with zero attached hydrogens (tertiary/aromatic N) is 3. The van der Waals surface area contributed by atoms with Gasteiger partial charge in [0.25, 0.3) is 0 Å². The van der Waals surface area contributed by atoms with Crippen molar-refractivity contribution in [3.8, 4) is 6.07 Å². The molecule has 0 radical (unpaired) electrons. The predicted octanol–water partition coefficient (Wildman–Crippen LogP) is 0.339. The van der Waals surface area contributed by atoms with Crippen molar-refractivity contribution in [1.29, 1.82) is 5.26 Å². The molecule has 2 heterocycles. The predicted molar refractivity (Wildman–Crippen MR) is 57.4 cm³/mol. The average molecular weight is 249 g/mol. The summed E-state index contributed by atoms with van der Waals surface area (Å²) < 4.78 is 5.27. The third-order valence-corrected chi connectivity index (χ3v) is 2.91. The number of rotatable bonds is 0. The fourth-order valence-corrected chi connectivity index (χ4v) is 2.18. The van der Waals surface area contributed by atoms with Crippen molar-refractivity contribution >= 4 is 17.8 Å². The molecule has 0 bridgehead atoms. The molecule has 2 rings (SSSR count). The van der Waals surface area contributed by atoms with E-state index < -0.39 is 30.1 Å². The molecule has 7 heteroatoms. The Labute approximate surface area is 103 Å². The first-order valence-corrected chi connectivity index (χ1v) is 5.38. The molecule has 0 aliphatic carbocycles. The molecule has 1 saturated heterocycles. The second-order valence-electron chi connectivity index (χ2n) is 4.05. The van der Waals surface area contributed by atoms with E-state index in [1.54, 1.807) is 0 Å². The van der Waals surface area contributed by atoms with E-state index in [0.717, 1.165) is 9.80 Å². The molecule has 4 amide bonds. The van der Waals surface area contributed by atoms with Gasteiger partial charge in [-0.05, 0) is 12.5 Å². The van der Waals surface area contributed by atoms with Crippen LogP contribution in [0, 0.1) is 11.3 Å². The number of urea groups is 1. The van der Waals surface area contributed by atoms with Gasteiger partial charge < -0.3 is 4.74 Å². The number of carbonyl (C=O) groups excluding carboxylic acids is 3. The smallest absolute Gasteiger partial charge is 0.336 e. The van der Waals surface area contributed by atoms with E-state index in [-0.39, 0.29) is 5.76 Å². The number of hydrogen-bond donors (Lipinski definition) is 0. The Bertz CT molecular complexity index is 505. The van der Waals surface area contributed by atoms with Crippen molar-refractivity contribution in [1.82, 2.24) is 9.80 Å². The van der Waals surface area contributed by atoms with Gasteiger partial charge in [0.1, 0.15) is 12.1 Å². The highest BCUT2D eigenvalue weighted by atomic mass is 16.5. The van der Waals surface area contributed by atoms with Gasteiger partial charge in [0, 0.05) is 13.8 Å². The van der Waals surface area contributed by atoms with E-state index in [2.05, 4.69) is 0 Å². The quantitative estimate of drug-likeness (QED) is 0.617. The molecule has 2 aliphatic heterocycles. The van der Waals surface area contributed by atoms with Crippen molar-refractivity contribution in [3.63, 3.8) is 0 Å². The number of ether oxygens (including phenoxy) is 1. The van der Waals surface area contributed by atoms with Crippen molar-refractivity contribution in [2.45, 2.75) is 32.5 Å². The molecule has 0 saturated carbocycles. The van der Waals surface area contributed by atoms with E-state index in [9.17, 15) is 14.4 Å². The minimum absolute atomic E-state index is 0.0562. The van der Waals surface area contributed by atoms with Crippen molar-refractivity contribution in [2.75, 3.05) is 0 Å². The molecule has 0 spiro atoms. The Hall–Kier alpha value is -2.36. The van der Waals surface area contributed by atoms with Crippen LogP contribution in [0.25, 0.3) is 0 Å². The summed E-state index contributed by atoms with van der Waals surface area (Å²) in [7, 11) is 0. The maximum absolute atomic E-state index is 12.0. The Morgan fingerprint density at radius 2 is 2.00 bits per heavy atom. The lowest BCUT2D eigenvalue weighted by Crippen LogP contribution is -2.43. The maximum Gasteiger partial charge on any atom is 0.336 e. The summed E-state index contributed by atoms with van der Waals surface area (Å²) in [4.78, 5) is 36.8. The van der Waals surface area contributed by atoms with Gasteiger partial charge in [-0.15, -0.1) is 0 Å². The molecule has 7 nitrogen and oxygen atoms in total. The van der Waals surface area contributed by atoms with Crippen LogP contribution in [0.4, 0.5) is 4.79 Å². The highest BCUT2D eigenvalue weighted by Crippen LogP contribution is 2.31. The number of allylic oxidation sites excluding steroid dienone is 1. The van der Waals surface area contributed by atoms with Gasteiger partial charge in [-0.2, -0.15) is 5.26 Å². The largest absolute Gasteiger partial charge is 0.458 e. The Morgan fingerprint density at radius 3 is 2.50 bits per heavy atom. The van der Waals surface area contributed by atoms with Crippen LogP contribution in [-0.4, -0.2) is 39.9 Å². The Kier molecular flexibility index (Phi) is 2.79. The molecular weight excluding hydrogens is 238 g/mol. The molecular formula is C11H11N3O4. The zero-order valence-electron chi connectivity index (χ0n) is 9.91. The molecule has 2 atom stereocenters. The first kappa shape index (κ1) is 12.1. The fourth-order valence-electron chi connectivity index (χ4n) is 2.18. The lowest BCUT2D eigenvalue weighted by Gasteiger charge is -2.28. The molecule has 2 aliphatic rings. The van der Waals surface area contributed by atoms with Crippen LogP contribution in [0.5, 0.6) is 0 Å². The normalized spacial score (nSPS) is 26.1. The van der Waals surface area contributed by atoms with Crippen molar-refractivity contribution in [2.24, 2.45) is 0 Å². The van der Waals surface area contributed by atoms with Gasteiger partial charge in [0.05, 0.1) is 0 Å². The second kappa shape index (κ2) is 4.14. The standard InChI is InChI=1S/C11H11N3O4/c1-6(15)13-9-4-3-8(5-12)18-10(9)14(7(2)16)11(13)17/h3,9-10H,4H2,1-2H3/t9-,10-/m0/s1. The van der Waals surface area contributed by atoms with E-state index in [0.29, 0.717) is 6.42 Å². The number of imide groups is 2. The molecule has 1 fully saturated rings. The van der Waals surface area contributed by atoms with Crippen molar-refractivity contribution < 1.29 is 19.1 Å². The summed E-state index contributed by atoms with van der Waals surface area (Å²) >= 11 is 0. The van der Waals surface area contributed by atoms with Gasteiger partial charge in [0.2, 0.25) is 18.0 Å². The van der Waals surface area contributed by atoms with Gasteiger partial charge in [-0.25, -0.2) is 9.69 Å². The monoisotopic (exact) mass is 249 g/mol. The molecule has 0 unspecified atom stereocenters. The van der Waals surface area contributed by atoms with Crippen LogP contribution in [-0.2, 0) is 14.3 Å². The molecule has 0 aromatic carbocycles. The highest BCUT2D eigenvalue weighted by molar-refractivity contribution is 6.03. The van der Waals surface area contributed by atoms with E-state index >= 15 is 0 Å². The first-order valence-electron chi connectivity index (χ1n) is 5.38. The van der Waals surface area contributed by atoms with E-state index in [1.165, 1.54) is 19.9 Å². The highest BCUT2D eigenvalue weighted by Gasteiger charge is 2.52. The topological polar surface area (TPSA) is 90.7 Å². The van der Waals surface area contributed by atoms with Gasteiger partial charge in [-0.1, -0.05) is 0 Å². The van der Waals surface area contributed by atoms with Crippen LogP contribution in [0.2, 0.25) is 0 Å². The Balaban J connectivity index is 2.40. The molecule has 0 aromatic rings. The Morgan fingerprint density at radius 1 is 1.39 bits per heavy atom. The minimum Gasteiger partial charge on any atom is -0.458 e. The van der Waals surface area contributed by atoms with Crippen LogP contribution >= 0.6 is 0 Å². The average Bonchev–Trinajstić information content (AvgIpc) is 2.59.